The maximum absolute atomic E-state index is 12.7. The van der Waals surface area contributed by atoms with Gasteiger partial charge in [-0.25, -0.2) is 8.42 Å². The maximum atomic E-state index is 12.7. The average Bonchev–Trinajstić information content (AvgIpc) is 2.76. The van der Waals surface area contributed by atoms with Crippen LogP contribution in [0.4, 0.5) is 11.4 Å². The normalized spacial score (nSPS) is 10.9. The molecule has 3 aromatic carbocycles. The van der Waals surface area contributed by atoms with Crippen LogP contribution < -0.4 is 19.5 Å². The molecule has 0 saturated heterocycles. The minimum absolute atomic E-state index is 0.0944. The van der Waals surface area contributed by atoms with Gasteiger partial charge in [0.15, 0.2) is 0 Å². The van der Waals surface area contributed by atoms with Crippen LogP contribution in [0.5, 0.6) is 11.5 Å². The molecule has 0 spiro atoms. The Balaban J connectivity index is 1.78. The van der Waals surface area contributed by atoms with E-state index in [0.29, 0.717) is 40.6 Å². The van der Waals surface area contributed by atoms with Crippen molar-refractivity contribution in [2.45, 2.75) is 18.7 Å². The standard InChI is InChI=1S/C23H24N2O5S/c1-4-30-20-9-7-18(8-10-20)24-23(26)17-6-5-16(2)22(15-17)25-31(27,28)21-13-11-19(29-3)12-14-21/h5-15,25H,4H2,1-3H3,(H,24,26). The van der Waals surface area contributed by atoms with Crippen LogP contribution in [-0.4, -0.2) is 28.0 Å². The molecule has 0 aliphatic carbocycles. The Kier molecular flexibility index (Phi) is 6.81. The molecule has 2 N–H and O–H groups in total. The van der Waals surface area contributed by atoms with Gasteiger partial charge in [0, 0.05) is 11.3 Å². The fourth-order valence-corrected chi connectivity index (χ4v) is 3.96. The lowest BCUT2D eigenvalue weighted by molar-refractivity contribution is 0.102. The summed E-state index contributed by atoms with van der Waals surface area (Å²) >= 11 is 0. The molecular weight excluding hydrogens is 416 g/mol. The van der Waals surface area contributed by atoms with Gasteiger partial charge < -0.3 is 14.8 Å². The molecule has 0 fully saturated rings. The van der Waals surface area contributed by atoms with Crippen LogP contribution in [0.1, 0.15) is 22.8 Å². The first-order chi connectivity index (χ1) is 14.8. The number of benzene rings is 3. The number of aryl methyl sites for hydroxylation is 1. The second-order valence-corrected chi connectivity index (χ2v) is 8.40. The highest BCUT2D eigenvalue weighted by atomic mass is 32.2. The van der Waals surface area contributed by atoms with Gasteiger partial charge in [-0.05, 0) is 80.1 Å². The van der Waals surface area contributed by atoms with E-state index in [1.807, 2.05) is 6.92 Å². The molecule has 0 aliphatic rings. The minimum Gasteiger partial charge on any atom is -0.497 e. The van der Waals surface area contributed by atoms with E-state index in [-0.39, 0.29) is 10.8 Å². The van der Waals surface area contributed by atoms with Gasteiger partial charge in [-0.15, -0.1) is 0 Å². The molecule has 0 atom stereocenters. The second kappa shape index (κ2) is 9.53. The van der Waals surface area contributed by atoms with Crippen LogP contribution in [0, 0.1) is 6.92 Å². The van der Waals surface area contributed by atoms with Crippen LogP contribution in [-0.2, 0) is 10.0 Å². The summed E-state index contributed by atoms with van der Waals surface area (Å²) in [6, 6.07) is 17.9. The first kappa shape index (κ1) is 22.2. The molecule has 0 aromatic heterocycles. The number of rotatable bonds is 8. The summed E-state index contributed by atoms with van der Waals surface area (Å²) in [6.45, 7) is 4.22. The summed E-state index contributed by atoms with van der Waals surface area (Å²) < 4.78 is 38.5. The molecule has 0 radical (unpaired) electrons. The zero-order chi connectivity index (χ0) is 22.4. The van der Waals surface area contributed by atoms with Crippen molar-refractivity contribution < 1.29 is 22.7 Å². The highest BCUT2D eigenvalue weighted by Gasteiger charge is 2.17. The number of nitrogens with one attached hydrogen (secondary N) is 2. The summed E-state index contributed by atoms with van der Waals surface area (Å²) in [5.74, 6) is 0.920. The summed E-state index contributed by atoms with van der Waals surface area (Å²) in [5, 5.41) is 2.80. The third-order valence-electron chi connectivity index (χ3n) is 4.54. The van der Waals surface area contributed by atoms with Crippen LogP contribution in [0.2, 0.25) is 0 Å². The van der Waals surface area contributed by atoms with E-state index >= 15 is 0 Å². The highest BCUT2D eigenvalue weighted by molar-refractivity contribution is 7.92. The molecule has 0 aliphatic heterocycles. The van der Waals surface area contributed by atoms with Gasteiger partial charge in [-0.3, -0.25) is 9.52 Å². The van der Waals surface area contributed by atoms with E-state index in [2.05, 4.69) is 10.0 Å². The summed E-state index contributed by atoms with van der Waals surface area (Å²) in [6.07, 6.45) is 0. The Bertz CT molecular complexity index is 1160. The molecule has 3 aromatic rings. The number of hydrogen-bond acceptors (Lipinski definition) is 5. The number of hydrogen-bond donors (Lipinski definition) is 2. The Labute approximate surface area is 182 Å². The van der Waals surface area contributed by atoms with Crippen molar-refractivity contribution in [2.24, 2.45) is 0 Å². The summed E-state index contributed by atoms with van der Waals surface area (Å²) in [4.78, 5) is 12.8. The molecule has 31 heavy (non-hydrogen) atoms. The zero-order valence-corrected chi connectivity index (χ0v) is 18.3. The number of anilines is 2. The van der Waals surface area contributed by atoms with E-state index in [1.54, 1.807) is 55.5 Å². The van der Waals surface area contributed by atoms with Crippen molar-refractivity contribution >= 4 is 27.3 Å². The highest BCUT2D eigenvalue weighted by Crippen LogP contribution is 2.23. The van der Waals surface area contributed by atoms with Gasteiger partial charge in [-0.2, -0.15) is 0 Å². The fraction of sp³-hybridized carbons (Fsp3) is 0.174. The monoisotopic (exact) mass is 440 g/mol. The summed E-state index contributed by atoms with van der Waals surface area (Å²) in [7, 11) is -2.31. The predicted octanol–water partition coefficient (Wildman–Crippen LogP) is 4.46. The van der Waals surface area contributed by atoms with Gasteiger partial charge in [0.25, 0.3) is 15.9 Å². The first-order valence-electron chi connectivity index (χ1n) is 9.64. The lowest BCUT2D eigenvalue weighted by atomic mass is 10.1. The lowest BCUT2D eigenvalue weighted by Gasteiger charge is -2.13. The first-order valence-corrected chi connectivity index (χ1v) is 11.1. The van der Waals surface area contributed by atoms with Crippen LogP contribution in [0.15, 0.2) is 71.6 Å². The molecular formula is C23H24N2O5S. The topological polar surface area (TPSA) is 93.7 Å². The molecule has 8 heteroatoms. The predicted molar refractivity (Wildman–Crippen MR) is 121 cm³/mol. The van der Waals surface area contributed by atoms with E-state index in [9.17, 15) is 13.2 Å². The van der Waals surface area contributed by atoms with Crippen LogP contribution in [0.3, 0.4) is 0 Å². The van der Waals surface area contributed by atoms with Gasteiger partial charge in [0.1, 0.15) is 11.5 Å². The average molecular weight is 441 g/mol. The smallest absolute Gasteiger partial charge is 0.261 e. The van der Waals surface area contributed by atoms with Gasteiger partial charge >= 0.3 is 0 Å². The third kappa shape index (κ3) is 5.55. The van der Waals surface area contributed by atoms with Gasteiger partial charge in [0.05, 0.1) is 24.3 Å². The Morgan fingerprint density at radius 1 is 0.935 bits per heavy atom. The summed E-state index contributed by atoms with van der Waals surface area (Å²) in [5.41, 5.74) is 1.95. The number of sulfonamides is 1. The zero-order valence-electron chi connectivity index (χ0n) is 17.5. The van der Waals surface area contributed by atoms with E-state index in [1.165, 1.54) is 25.3 Å². The van der Waals surface area contributed by atoms with Crippen LogP contribution in [0.25, 0.3) is 0 Å². The quantitative estimate of drug-likeness (QED) is 0.540. The Morgan fingerprint density at radius 3 is 2.19 bits per heavy atom. The third-order valence-corrected chi connectivity index (χ3v) is 5.92. The largest absolute Gasteiger partial charge is 0.497 e. The molecule has 1 amide bonds. The molecule has 0 bridgehead atoms. The number of methoxy groups -OCH3 is 1. The fourth-order valence-electron chi connectivity index (χ4n) is 2.84. The number of carbonyl (C=O) groups excluding carboxylic acids is 1. The molecule has 0 saturated carbocycles. The van der Waals surface area contributed by atoms with Crippen molar-refractivity contribution in [1.29, 1.82) is 0 Å². The van der Waals surface area contributed by atoms with Crippen molar-refractivity contribution in [3.63, 3.8) is 0 Å². The maximum Gasteiger partial charge on any atom is 0.261 e. The number of amides is 1. The number of ether oxygens (including phenoxy) is 2. The molecule has 3 rings (SSSR count). The van der Waals surface area contributed by atoms with Gasteiger partial charge in [-0.1, -0.05) is 6.07 Å². The van der Waals surface area contributed by atoms with Crippen molar-refractivity contribution in [3.8, 4) is 11.5 Å². The lowest BCUT2D eigenvalue weighted by Crippen LogP contribution is -2.16. The van der Waals surface area contributed by atoms with Crippen molar-refractivity contribution in [3.05, 3.63) is 77.9 Å². The van der Waals surface area contributed by atoms with E-state index in [4.69, 9.17) is 9.47 Å². The Morgan fingerprint density at radius 2 is 1.58 bits per heavy atom. The second-order valence-electron chi connectivity index (χ2n) is 6.72. The SMILES string of the molecule is CCOc1ccc(NC(=O)c2ccc(C)c(NS(=O)(=O)c3ccc(OC)cc3)c2)cc1. The molecule has 162 valence electrons. The molecule has 0 heterocycles. The molecule has 0 unspecified atom stereocenters. The molecule has 7 nitrogen and oxygen atoms in total. The minimum atomic E-state index is -3.82. The number of carbonyl (C=O) groups is 1. The van der Waals surface area contributed by atoms with Crippen molar-refractivity contribution in [2.75, 3.05) is 23.8 Å². The van der Waals surface area contributed by atoms with E-state index in [0.717, 1.165) is 0 Å². The van der Waals surface area contributed by atoms with Gasteiger partial charge in [0.2, 0.25) is 0 Å². The van der Waals surface area contributed by atoms with E-state index < -0.39 is 10.0 Å². The van der Waals surface area contributed by atoms with Crippen molar-refractivity contribution in [1.82, 2.24) is 0 Å². The van der Waals surface area contributed by atoms with Crippen LogP contribution >= 0.6 is 0 Å². The Hall–Kier alpha value is -3.52.